The third-order valence-corrected chi connectivity index (χ3v) is 19.2. The molecule has 0 nitrogen and oxygen atoms in total. The predicted molar refractivity (Wildman–Crippen MR) is 171 cm³/mol. The van der Waals surface area contributed by atoms with Gasteiger partial charge < -0.3 is 0 Å². The van der Waals surface area contributed by atoms with Crippen molar-refractivity contribution in [2.24, 2.45) is 0 Å². The van der Waals surface area contributed by atoms with Gasteiger partial charge in [0.25, 0.3) is 0 Å². The topological polar surface area (TPSA) is 0 Å². The molecule has 6 aromatic rings. The molecule has 3 aliphatic rings. The van der Waals surface area contributed by atoms with Gasteiger partial charge >= 0.3 is 253 Å². The first kappa shape index (κ1) is 24.6. The Kier molecular flexibility index (Phi) is 5.59. The van der Waals surface area contributed by atoms with Crippen LogP contribution in [0.5, 0.6) is 0 Å². The van der Waals surface area contributed by atoms with Gasteiger partial charge in [0.1, 0.15) is 0 Å². The van der Waals surface area contributed by atoms with Crippen molar-refractivity contribution in [1.82, 2.24) is 0 Å². The van der Waals surface area contributed by atoms with Crippen LogP contribution in [-0.2, 0) is 32.5 Å². The summed E-state index contributed by atoms with van der Waals surface area (Å²) in [6, 6.07) is 56.1. The predicted octanol–water partition coefficient (Wildman–Crippen LogP) is 9.98. The van der Waals surface area contributed by atoms with E-state index in [2.05, 4.69) is 146 Å². The number of fused-ring (bicyclic) bond motifs is 6. The van der Waals surface area contributed by atoms with Crippen molar-refractivity contribution in [3.05, 3.63) is 190 Å². The van der Waals surface area contributed by atoms with Gasteiger partial charge in [-0.05, 0) is 0 Å². The first-order valence-corrected chi connectivity index (χ1v) is 19.3. The second kappa shape index (κ2) is 9.53. The Labute approximate surface area is 252 Å². The third-order valence-electron chi connectivity index (χ3n) is 10.4. The zero-order valence-corrected chi connectivity index (χ0v) is 25.2. The summed E-state index contributed by atoms with van der Waals surface area (Å²) in [5, 5.41) is 0. The maximum atomic E-state index is 2.48. The molecule has 42 heavy (non-hydrogen) atoms. The van der Waals surface area contributed by atoms with E-state index in [1.165, 1.54) is 54.0 Å². The molecule has 0 fully saturated rings. The molecule has 0 radical (unpaired) electrons. The number of rotatable bonds is 4. The quantitative estimate of drug-likeness (QED) is 0.185. The van der Waals surface area contributed by atoms with Gasteiger partial charge in [-0.1, -0.05) is 0 Å². The molecular formula is C41H32Ti. The van der Waals surface area contributed by atoms with Crippen molar-refractivity contribution in [1.29, 1.82) is 0 Å². The van der Waals surface area contributed by atoms with Crippen LogP contribution in [0.2, 0.25) is 0 Å². The van der Waals surface area contributed by atoms with Gasteiger partial charge in [-0.15, -0.1) is 0 Å². The van der Waals surface area contributed by atoms with E-state index >= 15 is 0 Å². The number of benzene rings is 6. The summed E-state index contributed by atoms with van der Waals surface area (Å²) in [6.07, 6.45) is 1.01. The van der Waals surface area contributed by atoms with Gasteiger partial charge in [-0.3, -0.25) is 0 Å². The maximum absolute atomic E-state index is 3.20. The van der Waals surface area contributed by atoms with Crippen LogP contribution < -0.4 is 0 Å². The van der Waals surface area contributed by atoms with E-state index in [0.717, 1.165) is 6.42 Å². The average molecular weight is 573 g/mol. The standard InChI is InChI=1S/C27H18.2C7H7.Ti/c1-3-11-22-20(7-1)16-26-18(9-5-13-24(22)26)15-19-10-6-14-25-23-12-4-2-8-21(23)17-27(19)25;2*1-7-5-3-2-4-6-7;/h1-14,16-17H,15H2;2*2-6H,1H2;. The fourth-order valence-electron chi connectivity index (χ4n) is 8.97. The van der Waals surface area contributed by atoms with E-state index in [1.807, 2.05) is 0 Å². The van der Waals surface area contributed by atoms with Gasteiger partial charge in [0.2, 0.25) is 0 Å². The molecule has 0 spiro atoms. The SMILES string of the molecule is c1ccc([CH2][Ti]2([CH2]c3ccccc3)[CH]3c4ccccc4-c4cccc(c43)Cc3cccc4c3[CH]2c2ccccc2-4)cc1. The van der Waals surface area contributed by atoms with Crippen LogP contribution in [0.4, 0.5) is 0 Å². The second-order valence-electron chi connectivity index (χ2n) is 12.5. The van der Waals surface area contributed by atoms with Crippen LogP contribution in [0.15, 0.2) is 146 Å². The van der Waals surface area contributed by atoms with Crippen molar-refractivity contribution in [3.63, 3.8) is 0 Å². The molecular weight excluding hydrogens is 540 g/mol. The molecule has 6 aromatic carbocycles. The molecule has 0 aromatic heterocycles. The van der Waals surface area contributed by atoms with Crippen molar-refractivity contribution >= 4 is 0 Å². The molecule has 1 heteroatoms. The molecule has 9 rings (SSSR count). The van der Waals surface area contributed by atoms with Gasteiger partial charge in [-0.2, -0.15) is 0 Å². The van der Waals surface area contributed by atoms with Crippen molar-refractivity contribution in [3.8, 4) is 22.3 Å². The molecule has 1 heterocycles. The molecule has 1 aliphatic heterocycles. The molecule has 0 saturated heterocycles. The number of hydrogen-bond donors (Lipinski definition) is 0. The van der Waals surface area contributed by atoms with E-state index < -0.39 is 16.6 Å². The molecule has 2 aliphatic carbocycles. The van der Waals surface area contributed by atoms with E-state index in [1.54, 1.807) is 22.3 Å². The summed E-state index contributed by atoms with van der Waals surface area (Å²) in [5.41, 5.74) is 18.4. The average Bonchev–Trinajstić information content (AvgIpc) is 3.56. The van der Waals surface area contributed by atoms with Gasteiger partial charge in [0, 0.05) is 0 Å². The van der Waals surface area contributed by atoms with Gasteiger partial charge in [-0.25, -0.2) is 0 Å². The molecule has 0 N–H and O–H groups in total. The van der Waals surface area contributed by atoms with Crippen molar-refractivity contribution < 1.29 is 16.6 Å². The summed E-state index contributed by atoms with van der Waals surface area (Å²) >= 11 is -3.20. The summed E-state index contributed by atoms with van der Waals surface area (Å²) < 4.78 is 3.31. The van der Waals surface area contributed by atoms with E-state index in [9.17, 15) is 0 Å². The van der Waals surface area contributed by atoms with Crippen LogP contribution >= 0.6 is 0 Å². The van der Waals surface area contributed by atoms with Gasteiger partial charge in [0.15, 0.2) is 0 Å². The fourth-order valence-corrected chi connectivity index (χ4v) is 19.7. The molecule has 2 unspecified atom stereocenters. The molecule has 2 atom stereocenters. The number of hydrogen-bond acceptors (Lipinski definition) is 0. The molecule has 0 bridgehead atoms. The van der Waals surface area contributed by atoms with Crippen molar-refractivity contribution in [2.45, 2.75) is 24.3 Å². The Morgan fingerprint density at radius 3 is 1.29 bits per heavy atom. The molecule has 0 saturated carbocycles. The normalized spacial score (nSPS) is 18.3. The minimum atomic E-state index is -3.20. The second-order valence-corrected chi connectivity index (χ2v) is 19.3. The van der Waals surface area contributed by atoms with Crippen LogP contribution in [0.1, 0.15) is 53.0 Å². The Morgan fingerprint density at radius 2 is 0.810 bits per heavy atom. The Bertz CT molecular complexity index is 1830. The zero-order valence-electron chi connectivity index (χ0n) is 23.6. The Balaban J connectivity index is 1.45. The van der Waals surface area contributed by atoms with E-state index in [-0.39, 0.29) is 0 Å². The Hall–Kier alpha value is -3.97. The fraction of sp³-hybridized carbons (Fsp3) is 0.122. The first-order valence-electron chi connectivity index (χ1n) is 15.3. The summed E-state index contributed by atoms with van der Waals surface area (Å²) in [4.78, 5) is 0. The van der Waals surface area contributed by atoms with Crippen molar-refractivity contribution in [2.75, 3.05) is 0 Å². The van der Waals surface area contributed by atoms with Crippen LogP contribution in [0.3, 0.4) is 0 Å². The minimum absolute atomic E-state index is 0.463. The van der Waals surface area contributed by atoms with E-state index in [4.69, 9.17) is 0 Å². The van der Waals surface area contributed by atoms with Crippen LogP contribution in [0, 0.1) is 0 Å². The molecule has 0 amide bonds. The zero-order chi connectivity index (χ0) is 27.7. The van der Waals surface area contributed by atoms with Gasteiger partial charge in [0.05, 0.1) is 0 Å². The monoisotopic (exact) mass is 572 g/mol. The van der Waals surface area contributed by atoms with Crippen LogP contribution in [-0.4, -0.2) is 0 Å². The van der Waals surface area contributed by atoms with E-state index in [0.29, 0.717) is 8.45 Å². The summed E-state index contributed by atoms with van der Waals surface area (Å²) in [5.74, 6) is 0. The third kappa shape index (κ3) is 3.52. The van der Waals surface area contributed by atoms with Crippen LogP contribution in [0.25, 0.3) is 22.3 Å². The molecule has 200 valence electrons. The Morgan fingerprint density at radius 1 is 0.405 bits per heavy atom. The first-order chi connectivity index (χ1) is 20.8. The summed E-state index contributed by atoms with van der Waals surface area (Å²) in [7, 11) is 0. The summed E-state index contributed by atoms with van der Waals surface area (Å²) in [6.45, 7) is 0.